The summed E-state index contributed by atoms with van der Waals surface area (Å²) in [5.41, 5.74) is 0.704. The lowest BCUT2D eigenvalue weighted by atomic mass is 9.93. The van der Waals surface area contributed by atoms with Crippen LogP contribution in [0.3, 0.4) is 0 Å². The first-order valence-electron chi connectivity index (χ1n) is 6.60. The maximum Gasteiger partial charge on any atom is 0.267 e. The quantitative estimate of drug-likeness (QED) is 0.885. The Morgan fingerprint density at radius 3 is 3.00 bits per heavy atom. The number of ether oxygens (including phenoxy) is 1. The Labute approximate surface area is 108 Å². The molecule has 0 unspecified atom stereocenters. The van der Waals surface area contributed by atoms with Crippen molar-refractivity contribution in [1.29, 1.82) is 0 Å². The van der Waals surface area contributed by atoms with Gasteiger partial charge in [-0.05, 0) is 24.5 Å². The Hall–Kier alpha value is -1.29. The van der Waals surface area contributed by atoms with Crippen LogP contribution in [0.15, 0.2) is 18.3 Å². The Morgan fingerprint density at radius 1 is 1.61 bits per heavy atom. The van der Waals surface area contributed by atoms with E-state index < -0.39 is 0 Å². The molecule has 1 aromatic heterocycles. The van der Waals surface area contributed by atoms with Gasteiger partial charge in [0.15, 0.2) is 0 Å². The molecule has 0 aliphatic carbocycles. The second-order valence-electron chi connectivity index (χ2n) is 5.34. The fourth-order valence-electron chi connectivity index (χ4n) is 2.62. The smallest absolute Gasteiger partial charge is 0.267 e. The molecule has 1 aromatic rings. The molecule has 1 N–H and O–H groups in total. The van der Waals surface area contributed by atoms with Crippen LogP contribution in [0.25, 0.3) is 0 Å². The van der Waals surface area contributed by atoms with Crippen molar-refractivity contribution < 1.29 is 9.53 Å². The van der Waals surface area contributed by atoms with Crippen LogP contribution in [0.2, 0.25) is 0 Å². The predicted octanol–water partition coefficient (Wildman–Crippen LogP) is 1.82. The van der Waals surface area contributed by atoms with Crippen LogP contribution >= 0.6 is 0 Å². The van der Waals surface area contributed by atoms with Crippen LogP contribution in [0.1, 0.15) is 30.8 Å². The number of carbonyl (C=O) groups excluding carboxylic acids is 1. The van der Waals surface area contributed by atoms with E-state index in [1.807, 2.05) is 29.9 Å². The van der Waals surface area contributed by atoms with Gasteiger partial charge in [-0.3, -0.25) is 4.79 Å². The van der Waals surface area contributed by atoms with E-state index in [4.69, 9.17) is 4.74 Å². The van der Waals surface area contributed by atoms with Gasteiger partial charge in [0.05, 0.1) is 6.10 Å². The Balaban J connectivity index is 1.88. The number of nitrogens with zero attached hydrogens (tertiary/aromatic N) is 1. The van der Waals surface area contributed by atoms with E-state index in [2.05, 4.69) is 19.2 Å². The third kappa shape index (κ3) is 2.75. The predicted molar refractivity (Wildman–Crippen MR) is 70.4 cm³/mol. The zero-order valence-corrected chi connectivity index (χ0v) is 11.3. The summed E-state index contributed by atoms with van der Waals surface area (Å²) < 4.78 is 7.55. The summed E-state index contributed by atoms with van der Waals surface area (Å²) in [5.74, 6) is 0.940. The molecule has 18 heavy (non-hydrogen) atoms. The van der Waals surface area contributed by atoms with Gasteiger partial charge in [-0.15, -0.1) is 0 Å². The maximum absolute atomic E-state index is 12.0. The molecule has 1 aliphatic rings. The molecule has 1 fully saturated rings. The SMILES string of the molecule is CC(C)[C@H]1OCC[C@@H]1CNC(=O)c1cccn1C. The minimum Gasteiger partial charge on any atom is -0.378 e. The fraction of sp³-hybridized carbons (Fsp3) is 0.643. The first-order valence-corrected chi connectivity index (χ1v) is 6.60. The number of amides is 1. The largest absolute Gasteiger partial charge is 0.378 e. The molecule has 0 saturated carbocycles. The van der Waals surface area contributed by atoms with Crippen molar-refractivity contribution in [2.75, 3.05) is 13.2 Å². The first-order chi connectivity index (χ1) is 8.59. The molecule has 0 spiro atoms. The average molecular weight is 250 g/mol. The second kappa shape index (κ2) is 5.57. The van der Waals surface area contributed by atoms with E-state index in [1.54, 1.807) is 0 Å². The van der Waals surface area contributed by atoms with Gasteiger partial charge in [0.1, 0.15) is 5.69 Å². The van der Waals surface area contributed by atoms with Gasteiger partial charge in [-0.1, -0.05) is 13.8 Å². The number of rotatable bonds is 4. The third-order valence-corrected chi connectivity index (χ3v) is 3.62. The first kappa shape index (κ1) is 13.1. The lowest BCUT2D eigenvalue weighted by molar-refractivity contribution is 0.0533. The molecule has 2 heterocycles. The van der Waals surface area contributed by atoms with Crippen LogP contribution in [-0.4, -0.2) is 29.7 Å². The number of carbonyl (C=O) groups is 1. The van der Waals surface area contributed by atoms with E-state index >= 15 is 0 Å². The summed E-state index contributed by atoms with van der Waals surface area (Å²) in [4.78, 5) is 12.0. The molecular formula is C14H22N2O2. The van der Waals surface area contributed by atoms with Crippen molar-refractivity contribution in [3.63, 3.8) is 0 Å². The van der Waals surface area contributed by atoms with Crippen molar-refractivity contribution >= 4 is 5.91 Å². The van der Waals surface area contributed by atoms with Gasteiger partial charge in [-0.25, -0.2) is 0 Å². The van der Waals surface area contributed by atoms with Gasteiger partial charge in [0.2, 0.25) is 0 Å². The summed E-state index contributed by atoms with van der Waals surface area (Å²) in [6.45, 7) is 5.85. The highest BCUT2D eigenvalue weighted by molar-refractivity contribution is 5.92. The molecule has 0 radical (unpaired) electrons. The molecule has 4 nitrogen and oxygen atoms in total. The van der Waals surface area contributed by atoms with E-state index in [-0.39, 0.29) is 12.0 Å². The average Bonchev–Trinajstić information content (AvgIpc) is 2.94. The van der Waals surface area contributed by atoms with Crippen molar-refractivity contribution in [2.24, 2.45) is 18.9 Å². The topological polar surface area (TPSA) is 43.3 Å². The monoisotopic (exact) mass is 250 g/mol. The molecule has 1 aliphatic heterocycles. The van der Waals surface area contributed by atoms with Crippen LogP contribution in [0.5, 0.6) is 0 Å². The zero-order chi connectivity index (χ0) is 13.1. The number of aromatic nitrogens is 1. The normalized spacial score (nSPS) is 23.6. The van der Waals surface area contributed by atoms with Gasteiger partial charge in [-0.2, -0.15) is 0 Å². The highest BCUT2D eigenvalue weighted by Crippen LogP contribution is 2.26. The molecule has 4 heteroatoms. The molecule has 0 bridgehead atoms. The van der Waals surface area contributed by atoms with Crippen LogP contribution in [0, 0.1) is 11.8 Å². The summed E-state index contributed by atoms with van der Waals surface area (Å²) in [7, 11) is 1.88. The zero-order valence-electron chi connectivity index (χ0n) is 11.3. The third-order valence-electron chi connectivity index (χ3n) is 3.62. The summed E-state index contributed by atoms with van der Waals surface area (Å²) in [5, 5.41) is 3.01. The molecule has 2 rings (SSSR count). The number of hydrogen-bond donors (Lipinski definition) is 1. The molecule has 1 amide bonds. The van der Waals surface area contributed by atoms with E-state index in [0.29, 0.717) is 24.1 Å². The van der Waals surface area contributed by atoms with Crippen LogP contribution in [0.4, 0.5) is 0 Å². The fourth-order valence-corrected chi connectivity index (χ4v) is 2.62. The Bertz CT molecular complexity index is 412. The van der Waals surface area contributed by atoms with Gasteiger partial charge in [0, 0.05) is 32.3 Å². The molecule has 0 aromatic carbocycles. The molecule has 100 valence electrons. The van der Waals surface area contributed by atoms with Crippen LogP contribution in [-0.2, 0) is 11.8 Å². The summed E-state index contributed by atoms with van der Waals surface area (Å²) >= 11 is 0. The van der Waals surface area contributed by atoms with Crippen molar-refractivity contribution in [2.45, 2.75) is 26.4 Å². The van der Waals surface area contributed by atoms with E-state index in [0.717, 1.165) is 13.0 Å². The van der Waals surface area contributed by atoms with E-state index in [1.165, 1.54) is 0 Å². The molecular weight excluding hydrogens is 228 g/mol. The summed E-state index contributed by atoms with van der Waals surface area (Å²) in [6, 6.07) is 3.71. The number of aryl methyl sites for hydroxylation is 1. The Morgan fingerprint density at radius 2 is 2.39 bits per heavy atom. The minimum absolute atomic E-state index is 0.00286. The highest BCUT2D eigenvalue weighted by atomic mass is 16.5. The highest BCUT2D eigenvalue weighted by Gasteiger charge is 2.30. The lowest BCUT2D eigenvalue weighted by Gasteiger charge is -2.22. The Kier molecular flexibility index (Phi) is 4.07. The van der Waals surface area contributed by atoms with Crippen LogP contribution < -0.4 is 5.32 Å². The lowest BCUT2D eigenvalue weighted by Crippen LogP contribution is -2.35. The maximum atomic E-state index is 12.0. The van der Waals surface area contributed by atoms with Gasteiger partial charge >= 0.3 is 0 Å². The van der Waals surface area contributed by atoms with Crippen molar-refractivity contribution in [3.05, 3.63) is 24.0 Å². The summed E-state index contributed by atoms with van der Waals surface area (Å²) in [6.07, 6.45) is 3.19. The second-order valence-corrected chi connectivity index (χ2v) is 5.34. The standard InChI is InChI=1S/C14H22N2O2/c1-10(2)13-11(6-8-18-13)9-15-14(17)12-5-4-7-16(12)3/h4-5,7,10-11,13H,6,8-9H2,1-3H3,(H,15,17)/t11-,13-/m1/s1. The van der Waals surface area contributed by atoms with Crippen molar-refractivity contribution in [1.82, 2.24) is 9.88 Å². The van der Waals surface area contributed by atoms with E-state index in [9.17, 15) is 4.79 Å². The molecule has 2 atom stereocenters. The number of nitrogens with one attached hydrogen (secondary N) is 1. The van der Waals surface area contributed by atoms with Gasteiger partial charge in [0.25, 0.3) is 5.91 Å². The number of hydrogen-bond acceptors (Lipinski definition) is 2. The molecule has 1 saturated heterocycles. The minimum atomic E-state index is -0.00286. The van der Waals surface area contributed by atoms with Gasteiger partial charge < -0.3 is 14.6 Å². The van der Waals surface area contributed by atoms with Crippen molar-refractivity contribution in [3.8, 4) is 0 Å².